The molecule has 0 saturated carbocycles. The molecule has 1 N–H and O–H groups in total. The Kier molecular flexibility index (Phi) is 3.10. The van der Waals surface area contributed by atoms with Crippen LogP contribution in [0.25, 0.3) is 27.5 Å². The van der Waals surface area contributed by atoms with Crippen molar-refractivity contribution < 1.29 is 0 Å². The summed E-state index contributed by atoms with van der Waals surface area (Å²) in [6, 6.07) is 24.8. The Labute approximate surface area is 144 Å². The number of para-hydroxylation sites is 3. The van der Waals surface area contributed by atoms with Crippen LogP contribution in [0.2, 0.25) is 0 Å². The largest absolute Gasteiger partial charge is 0.355 e. The van der Waals surface area contributed by atoms with Gasteiger partial charge < -0.3 is 4.98 Å². The van der Waals surface area contributed by atoms with Crippen molar-refractivity contribution in [3.63, 3.8) is 0 Å². The highest BCUT2D eigenvalue weighted by Gasteiger charge is 2.13. The summed E-state index contributed by atoms with van der Waals surface area (Å²) in [7, 11) is 0. The molecule has 118 valence electrons. The topological polar surface area (TPSA) is 40.5 Å². The number of H-pyrrole nitrogens is 1. The lowest BCUT2D eigenvalue weighted by Gasteiger charge is -1.87. The highest BCUT2D eigenvalue weighted by Crippen LogP contribution is 2.24. The molecule has 0 spiro atoms. The average Bonchev–Trinajstić information content (AvgIpc) is 3.34. The molecule has 25 heavy (non-hydrogen) atoms. The van der Waals surface area contributed by atoms with Crippen molar-refractivity contribution >= 4 is 33.7 Å². The van der Waals surface area contributed by atoms with Crippen molar-refractivity contribution in [3.05, 3.63) is 95.1 Å². The molecule has 0 unspecified atom stereocenters. The third-order valence-electron chi connectivity index (χ3n) is 4.49. The van der Waals surface area contributed by atoms with Gasteiger partial charge in [0.15, 0.2) is 0 Å². The first-order valence-corrected chi connectivity index (χ1v) is 8.28. The van der Waals surface area contributed by atoms with E-state index in [0.29, 0.717) is 0 Å². The molecule has 1 aromatic heterocycles. The molecule has 3 aromatic carbocycles. The molecule has 3 nitrogen and oxygen atoms in total. The van der Waals surface area contributed by atoms with Crippen LogP contribution in [0.3, 0.4) is 0 Å². The van der Waals surface area contributed by atoms with Gasteiger partial charge in [-0.1, -0.05) is 54.6 Å². The SMILES string of the molecule is C1=NC2=c3ccccc3=NC2=C1.c1ccc2c(c1)[nH]c1ccccc12. The number of rotatable bonds is 0. The second kappa shape index (κ2) is 5.56. The van der Waals surface area contributed by atoms with Gasteiger partial charge in [0.05, 0.1) is 16.8 Å². The minimum atomic E-state index is 0.996. The standard InChI is InChI=1S/C12H9N.C10H6N2/c1-3-7-11-9(5-1)10-6-2-4-8-12(10)13-11;1-2-4-8-7(3-1)10-9(12-8)5-6-11-10/h1-8,13H;1-6H. The van der Waals surface area contributed by atoms with Crippen LogP contribution in [0.1, 0.15) is 0 Å². The minimum absolute atomic E-state index is 0.996. The van der Waals surface area contributed by atoms with E-state index in [1.807, 2.05) is 24.3 Å². The fraction of sp³-hybridized carbons (Fsp3) is 0. The maximum Gasteiger partial charge on any atom is 0.0980 e. The second-order valence-corrected chi connectivity index (χ2v) is 6.02. The molecule has 0 bridgehead atoms. The third kappa shape index (κ3) is 2.29. The van der Waals surface area contributed by atoms with Crippen LogP contribution in [-0.4, -0.2) is 11.2 Å². The summed E-state index contributed by atoms with van der Waals surface area (Å²) >= 11 is 0. The van der Waals surface area contributed by atoms with Gasteiger partial charge in [-0.05, 0) is 24.3 Å². The molecule has 0 saturated heterocycles. The van der Waals surface area contributed by atoms with Crippen molar-refractivity contribution in [3.8, 4) is 0 Å². The van der Waals surface area contributed by atoms with Crippen molar-refractivity contribution in [2.75, 3.05) is 0 Å². The second-order valence-electron chi connectivity index (χ2n) is 6.02. The summed E-state index contributed by atoms with van der Waals surface area (Å²) in [5.41, 5.74) is 4.44. The maximum absolute atomic E-state index is 4.41. The number of nitrogens with one attached hydrogen (secondary N) is 1. The van der Waals surface area contributed by atoms with Crippen LogP contribution in [-0.2, 0) is 0 Å². The van der Waals surface area contributed by atoms with Gasteiger partial charge >= 0.3 is 0 Å². The molecule has 6 rings (SSSR count). The molecular formula is C22H15N3. The van der Waals surface area contributed by atoms with Gasteiger partial charge in [0.1, 0.15) is 0 Å². The normalized spacial score (nSPS) is 13.9. The molecule has 2 aliphatic rings. The molecule has 2 aliphatic heterocycles. The Morgan fingerprint density at radius 3 is 2.08 bits per heavy atom. The Morgan fingerprint density at radius 1 is 0.680 bits per heavy atom. The number of aromatic amines is 1. The van der Waals surface area contributed by atoms with Crippen LogP contribution in [0.4, 0.5) is 0 Å². The zero-order valence-electron chi connectivity index (χ0n) is 13.5. The smallest absolute Gasteiger partial charge is 0.0980 e. The number of nitrogens with zero attached hydrogens (tertiary/aromatic N) is 2. The van der Waals surface area contributed by atoms with E-state index in [-0.39, 0.29) is 0 Å². The first kappa shape index (κ1) is 13.9. The fourth-order valence-corrected chi connectivity index (χ4v) is 3.33. The summed E-state index contributed by atoms with van der Waals surface area (Å²) in [6.45, 7) is 0. The van der Waals surface area contributed by atoms with Crippen LogP contribution in [0.5, 0.6) is 0 Å². The molecule has 0 fully saturated rings. The zero-order chi connectivity index (χ0) is 16.6. The van der Waals surface area contributed by atoms with Crippen molar-refractivity contribution in [2.24, 2.45) is 9.98 Å². The van der Waals surface area contributed by atoms with Gasteiger partial charge in [0.25, 0.3) is 0 Å². The van der Waals surface area contributed by atoms with Crippen molar-refractivity contribution in [1.29, 1.82) is 0 Å². The summed E-state index contributed by atoms with van der Waals surface area (Å²) in [5, 5.41) is 4.80. The quantitative estimate of drug-likeness (QED) is 0.513. The summed E-state index contributed by atoms with van der Waals surface area (Å²) in [5.74, 6) is 0. The Hall–Kier alpha value is -3.46. The van der Waals surface area contributed by atoms with E-state index in [0.717, 1.165) is 22.0 Å². The molecule has 4 aromatic rings. The number of allylic oxidation sites excluding steroid dienone is 1. The summed E-state index contributed by atoms with van der Waals surface area (Å²) in [4.78, 5) is 12.0. The number of aliphatic imine (C=N–C) groups is 1. The maximum atomic E-state index is 4.41. The van der Waals surface area contributed by atoms with Gasteiger partial charge in [-0.2, -0.15) is 0 Å². The van der Waals surface area contributed by atoms with E-state index in [9.17, 15) is 0 Å². The van der Waals surface area contributed by atoms with Crippen molar-refractivity contribution in [2.45, 2.75) is 0 Å². The monoisotopic (exact) mass is 321 g/mol. The van der Waals surface area contributed by atoms with Crippen molar-refractivity contribution in [1.82, 2.24) is 4.98 Å². The first-order chi connectivity index (χ1) is 12.4. The molecule has 0 amide bonds. The number of hydrogen-bond acceptors (Lipinski definition) is 2. The predicted octanol–water partition coefficient (Wildman–Crippen LogP) is 3.72. The molecule has 0 radical (unpaired) electrons. The molecule has 3 heteroatoms. The zero-order valence-corrected chi connectivity index (χ0v) is 13.5. The third-order valence-corrected chi connectivity index (χ3v) is 4.49. The summed E-state index contributed by atoms with van der Waals surface area (Å²) < 4.78 is 0. The van der Waals surface area contributed by atoms with E-state index < -0.39 is 0 Å². The minimum Gasteiger partial charge on any atom is -0.355 e. The lowest BCUT2D eigenvalue weighted by atomic mass is 10.2. The Morgan fingerprint density at radius 2 is 1.32 bits per heavy atom. The van der Waals surface area contributed by atoms with Gasteiger partial charge in [-0.3, -0.25) is 4.99 Å². The Bertz CT molecular complexity index is 1240. The highest BCUT2D eigenvalue weighted by molar-refractivity contribution is 6.06. The highest BCUT2D eigenvalue weighted by atomic mass is 14.9. The van der Waals surface area contributed by atoms with Crippen LogP contribution in [0.15, 0.2) is 94.6 Å². The van der Waals surface area contributed by atoms with Gasteiger partial charge in [0, 0.05) is 33.2 Å². The molecular weight excluding hydrogens is 306 g/mol. The number of hydrogen-bond donors (Lipinski definition) is 1. The Balaban J connectivity index is 0.000000112. The van der Waals surface area contributed by atoms with E-state index >= 15 is 0 Å². The van der Waals surface area contributed by atoms with Crippen LogP contribution < -0.4 is 10.6 Å². The number of fused-ring (bicyclic) bond motifs is 5. The lowest BCUT2D eigenvalue weighted by molar-refractivity contribution is 1.32. The number of benzene rings is 3. The molecule has 0 atom stereocenters. The van der Waals surface area contributed by atoms with E-state index in [1.54, 1.807) is 6.21 Å². The van der Waals surface area contributed by atoms with Gasteiger partial charge in [-0.15, -0.1) is 0 Å². The van der Waals surface area contributed by atoms with Gasteiger partial charge in [-0.25, -0.2) is 4.99 Å². The van der Waals surface area contributed by atoms with E-state index in [4.69, 9.17) is 0 Å². The first-order valence-electron chi connectivity index (χ1n) is 8.28. The predicted molar refractivity (Wildman–Crippen MR) is 103 cm³/mol. The van der Waals surface area contributed by atoms with E-state index in [1.165, 1.54) is 21.8 Å². The summed E-state index contributed by atoms with van der Waals surface area (Å²) in [6.07, 6.45) is 3.74. The van der Waals surface area contributed by atoms with Gasteiger partial charge in [0.2, 0.25) is 0 Å². The molecule has 3 heterocycles. The fourth-order valence-electron chi connectivity index (χ4n) is 3.33. The lowest BCUT2D eigenvalue weighted by Crippen LogP contribution is -2.21. The van der Waals surface area contributed by atoms with E-state index in [2.05, 4.69) is 69.6 Å². The molecule has 0 aliphatic carbocycles. The number of aromatic nitrogens is 1. The van der Waals surface area contributed by atoms with Crippen LogP contribution >= 0.6 is 0 Å². The van der Waals surface area contributed by atoms with Crippen LogP contribution in [0, 0.1) is 0 Å². The average molecular weight is 321 g/mol.